The van der Waals surface area contributed by atoms with Gasteiger partial charge in [-0.15, -0.1) is 0 Å². The van der Waals surface area contributed by atoms with Crippen molar-refractivity contribution in [2.75, 3.05) is 32.7 Å². The Balaban J connectivity index is 1.88. The highest BCUT2D eigenvalue weighted by atomic mass is 15.2. The molecule has 1 aliphatic heterocycles. The molecule has 2 heterocycles. The third kappa shape index (κ3) is 3.30. The van der Waals surface area contributed by atoms with Crippen molar-refractivity contribution in [3.63, 3.8) is 0 Å². The molecular weight excluding hydrogens is 212 g/mol. The fourth-order valence-corrected chi connectivity index (χ4v) is 2.42. The Morgan fingerprint density at radius 1 is 1.29 bits per heavy atom. The molecule has 0 unspecified atom stereocenters. The lowest BCUT2D eigenvalue weighted by Crippen LogP contribution is -2.44. The van der Waals surface area contributed by atoms with E-state index in [9.17, 15) is 0 Å². The van der Waals surface area contributed by atoms with Crippen LogP contribution in [-0.4, -0.2) is 47.6 Å². The number of rotatable bonds is 4. The third-order valence-corrected chi connectivity index (χ3v) is 3.39. The average Bonchev–Trinajstić information content (AvgIpc) is 2.69. The van der Waals surface area contributed by atoms with Crippen molar-refractivity contribution < 1.29 is 0 Å². The topological polar surface area (TPSA) is 44.0 Å². The van der Waals surface area contributed by atoms with E-state index < -0.39 is 0 Å². The summed E-state index contributed by atoms with van der Waals surface area (Å²) in [6.07, 6.45) is 1.04. The standard InChI is InChI=1S/C13H24N4/c1-10(2)13-11(3)15-12(16-13)4-7-17-8-5-14-6-9-17/h10,14H,4-9H2,1-3H3,(H,15,16). The van der Waals surface area contributed by atoms with E-state index in [0.29, 0.717) is 5.92 Å². The first kappa shape index (κ1) is 12.6. The van der Waals surface area contributed by atoms with Gasteiger partial charge < -0.3 is 15.2 Å². The second-order valence-corrected chi connectivity index (χ2v) is 5.19. The second kappa shape index (κ2) is 5.65. The van der Waals surface area contributed by atoms with Crippen LogP contribution in [0.3, 0.4) is 0 Å². The number of aryl methyl sites for hydroxylation is 1. The number of imidazole rings is 1. The van der Waals surface area contributed by atoms with Gasteiger partial charge in [-0.05, 0) is 12.8 Å². The first-order valence-electron chi connectivity index (χ1n) is 6.65. The molecule has 17 heavy (non-hydrogen) atoms. The fraction of sp³-hybridized carbons (Fsp3) is 0.769. The minimum atomic E-state index is 0.513. The number of nitrogens with one attached hydrogen (secondary N) is 2. The number of hydrogen-bond donors (Lipinski definition) is 2. The van der Waals surface area contributed by atoms with Gasteiger partial charge in [0.25, 0.3) is 0 Å². The molecule has 1 aromatic rings. The Kier molecular flexibility index (Phi) is 4.18. The molecule has 4 heteroatoms. The first-order chi connectivity index (χ1) is 8.16. The molecule has 96 valence electrons. The Morgan fingerprint density at radius 2 is 2.00 bits per heavy atom. The van der Waals surface area contributed by atoms with Crippen LogP contribution in [0, 0.1) is 6.92 Å². The lowest BCUT2D eigenvalue weighted by Gasteiger charge is -2.26. The number of piperazine rings is 1. The van der Waals surface area contributed by atoms with Crippen molar-refractivity contribution in [3.8, 4) is 0 Å². The van der Waals surface area contributed by atoms with E-state index in [-0.39, 0.29) is 0 Å². The van der Waals surface area contributed by atoms with Crippen LogP contribution in [0.4, 0.5) is 0 Å². The highest BCUT2D eigenvalue weighted by Crippen LogP contribution is 2.16. The maximum Gasteiger partial charge on any atom is 0.107 e. The fourth-order valence-electron chi connectivity index (χ4n) is 2.42. The molecule has 1 aromatic heterocycles. The molecule has 0 saturated carbocycles. The first-order valence-corrected chi connectivity index (χ1v) is 6.65. The van der Waals surface area contributed by atoms with Crippen LogP contribution in [0.1, 0.15) is 37.0 Å². The van der Waals surface area contributed by atoms with Gasteiger partial charge in [0.1, 0.15) is 5.82 Å². The van der Waals surface area contributed by atoms with Gasteiger partial charge in [-0.2, -0.15) is 0 Å². The summed E-state index contributed by atoms with van der Waals surface area (Å²) in [6, 6.07) is 0. The van der Waals surface area contributed by atoms with Gasteiger partial charge in [0.2, 0.25) is 0 Å². The summed E-state index contributed by atoms with van der Waals surface area (Å²) < 4.78 is 0. The molecule has 2 N–H and O–H groups in total. The van der Waals surface area contributed by atoms with Crippen molar-refractivity contribution in [1.29, 1.82) is 0 Å². The molecule has 0 radical (unpaired) electrons. The summed E-state index contributed by atoms with van der Waals surface area (Å²) >= 11 is 0. The van der Waals surface area contributed by atoms with Crippen molar-refractivity contribution in [2.45, 2.75) is 33.1 Å². The predicted molar refractivity (Wildman–Crippen MR) is 70.4 cm³/mol. The molecule has 2 rings (SSSR count). The summed E-state index contributed by atoms with van der Waals surface area (Å²) in [7, 11) is 0. The van der Waals surface area contributed by atoms with E-state index in [1.54, 1.807) is 0 Å². The smallest absolute Gasteiger partial charge is 0.107 e. The van der Waals surface area contributed by atoms with E-state index in [4.69, 9.17) is 4.98 Å². The summed E-state index contributed by atoms with van der Waals surface area (Å²) in [5, 5.41) is 3.38. The van der Waals surface area contributed by atoms with E-state index in [2.05, 4.69) is 36.0 Å². The van der Waals surface area contributed by atoms with Gasteiger partial charge in [-0.1, -0.05) is 13.8 Å². The number of aromatic amines is 1. The summed E-state index contributed by atoms with van der Waals surface area (Å²) in [6.45, 7) is 12.2. The zero-order valence-electron chi connectivity index (χ0n) is 11.2. The van der Waals surface area contributed by atoms with E-state index in [0.717, 1.165) is 45.0 Å². The largest absolute Gasteiger partial charge is 0.346 e. The molecule has 0 bridgehead atoms. The van der Waals surface area contributed by atoms with Gasteiger partial charge in [0.05, 0.1) is 5.69 Å². The number of hydrogen-bond acceptors (Lipinski definition) is 3. The van der Waals surface area contributed by atoms with Crippen molar-refractivity contribution in [1.82, 2.24) is 20.2 Å². The summed E-state index contributed by atoms with van der Waals surface area (Å²) in [5.74, 6) is 1.66. The molecule has 1 aliphatic rings. The van der Waals surface area contributed by atoms with Crippen LogP contribution in [0.2, 0.25) is 0 Å². The minimum Gasteiger partial charge on any atom is -0.346 e. The zero-order valence-corrected chi connectivity index (χ0v) is 11.2. The SMILES string of the molecule is Cc1[nH]c(CCN2CCNCC2)nc1C(C)C. The Morgan fingerprint density at radius 3 is 2.59 bits per heavy atom. The molecule has 1 fully saturated rings. The Labute approximate surface area is 104 Å². The number of nitrogens with zero attached hydrogens (tertiary/aromatic N) is 2. The minimum absolute atomic E-state index is 0.513. The quantitative estimate of drug-likeness (QED) is 0.828. The van der Waals surface area contributed by atoms with E-state index in [1.807, 2.05) is 0 Å². The van der Waals surface area contributed by atoms with Gasteiger partial charge in [-0.3, -0.25) is 0 Å². The lowest BCUT2D eigenvalue weighted by molar-refractivity contribution is 0.242. The van der Waals surface area contributed by atoms with E-state index in [1.165, 1.54) is 11.4 Å². The van der Waals surface area contributed by atoms with Gasteiger partial charge >= 0.3 is 0 Å². The maximum atomic E-state index is 4.70. The highest BCUT2D eigenvalue weighted by Gasteiger charge is 2.12. The Hall–Kier alpha value is -0.870. The molecule has 0 spiro atoms. The summed E-state index contributed by atoms with van der Waals surface area (Å²) in [5.41, 5.74) is 2.45. The van der Waals surface area contributed by atoms with Crippen LogP contribution in [-0.2, 0) is 6.42 Å². The molecule has 0 aromatic carbocycles. The van der Waals surface area contributed by atoms with Crippen LogP contribution in [0.5, 0.6) is 0 Å². The maximum absolute atomic E-state index is 4.70. The van der Waals surface area contributed by atoms with Crippen LogP contribution >= 0.6 is 0 Å². The number of aromatic nitrogens is 2. The Bertz CT molecular complexity index is 350. The van der Waals surface area contributed by atoms with Crippen LogP contribution in [0.25, 0.3) is 0 Å². The molecule has 1 saturated heterocycles. The second-order valence-electron chi connectivity index (χ2n) is 5.19. The van der Waals surface area contributed by atoms with Gasteiger partial charge in [0.15, 0.2) is 0 Å². The molecule has 0 atom stereocenters. The predicted octanol–water partition coefficient (Wildman–Crippen LogP) is 1.29. The van der Waals surface area contributed by atoms with Crippen molar-refractivity contribution >= 4 is 0 Å². The summed E-state index contributed by atoms with van der Waals surface area (Å²) in [4.78, 5) is 10.6. The van der Waals surface area contributed by atoms with Gasteiger partial charge in [-0.25, -0.2) is 4.98 Å². The van der Waals surface area contributed by atoms with Crippen LogP contribution in [0.15, 0.2) is 0 Å². The normalized spacial score (nSPS) is 17.9. The molecule has 0 aliphatic carbocycles. The number of H-pyrrole nitrogens is 1. The lowest BCUT2D eigenvalue weighted by atomic mass is 10.1. The van der Waals surface area contributed by atoms with Crippen molar-refractivity contribution in [3.05, 3.63) is 17.2 Å². The van der Waals surface area contributed by atoms with Crippen LogP contribution < -0.4 is 5.32 Å². The van der Waals surface area contributed by atoms with Gasteiger partial charge in [0, 0.05) is 44.8 Å². The monoisotopic (exact) mass is 236 g/mol. The third-order valence-electron chi connectivity index (χ3n) is 3.39. The average molecular weight is 236 g/mol. The zero-order chi connectivity index (χ0) is 12.3. The van der Waals surface area contributed by atoms with E-state index >= 15 is 0 Å². The molecular formula is C13H24N4. The van der Waals surface area contributed by atoms with Crippen molar-refractivity contribution in [2.24, 2.45) is 0 Å². The highest BCUT2D eigenvalue weighted by molar-refractivity contribution is 5.16. The molecule has 0 amide bonds. The molecule has 4 nitrogen and oxygen atoms in total.